The molecule has 32 heavy (non-hydrogen) atoms. The highest BCUT2D eigenvalue weighted by molar-refractivity contribution is 5.96. The Kier molecular flexibility index (Phi) is 6.22. The van der Waals surface area contributed by atoms with Gasteiger partial charge in [-0.25, -0.2) is 14.2 Å². The van der Waals surface area contributed by atoms with E-state index in [0.717, 1.165) is 11.9 Å². The quantitative estimate of drug-likeness (QED) is 0.365. The summed E-state index contributed by atoms with van der Waals surface area (Å²) in [5.41, 5.74) is 1.32. The first kappa shape index (κ1) is 20.8. The second-order valence-corrected chi connectivity index (χ2v) is 6.62. The summed E-state index contributed by atoms with van der Waals surface area (Å²) in [6.45, 7) is 0. The van der Waals surface area contributed by atoms with Crippen molar-refractivity contribution in [1.82, 2.24) is 9.97 Å². The Bertz CT molecular complexity index is 1220. The van der Waals surface area contributed by atoms with Crippen molar-refractivity contribution in [2.24, 2.45) is 0 Å². The molecule has 4 rings (SSSR count). The van der Waals surface area contributed by atoms with E-state index in [4.69, 9.17) is 9.47 Å². The SMILES string of the molecule is COC(=O)c1ccccc1Nc1nc(Nc2ccc(Oc3ccccc3)cc2)ncc1F. The van der Waals surface area contributed by atoms with E-state index in [-0.39, 0.29) is 17.3 Å². The Balaban J connectivity index is 1.49. The highest BCUT2D eigenvalue weighted by atomic mass is 19.1. The van der Waals surface area contributed by atoms with Gasteiger partial charge in [-0.1, -0.05) is 30.3 Å². The standard InChI is InChI=1S/C24H19FN4O3/c1-31-23(30)19-9-5-6-10-21(19)28-22-20(25)15-26-24(29-22)27-16-11-13-18(14-12-16)32-17-7-3-2-4-8-17/h2-15H,1H3,(H2,26,27,28,29). The molecule has 0 unspecified atom stereocenters. The Morgan fingerprint density at radius 1 is 0.875 bits per heavy atom. The Morgan fingerprint density at radius 2 is 1.56 bits per heavy atom. The third-order valence-corrected chi connectivity index (χ3v) is 4.42. The van der Waals surface area contributed by atoms with Crippen LogP contribution in [0.25, 0.3) is 0 Å². The third-order valence-electron chi connectivity index (χ3n) is 4.42. The summed E-state index contributed by atoms with van der Waals surface area (Å²) in [6.07, 6.45) is 1.05. The Morgan fingerprint density at radius 3 is 2.31 bits per heavy atom. The fraction of sp³-hybridized carbons (Fsp3) is 0.0417. The van der Waals surface area contributed by atoms with Gasteiger partial charge in [0.2, 0.25) is 5.95 Å². The number of aromatic nitrogens is 2. The summed E-state index contributed by atoms with van der Waals surface area (Å²) in [5, 5.41) is 5.85. The van der Waals surface area contributed by atoms with Crippen molar-refractivity contribution >= 4 is 29.1 Å². The van der Waals surface area contributed by atoms with Gasteiger partial charge >= 0.3 is 5.97 Å². The predicted molar refractivity (Wildman–Crippen MR) is 119 cm³/mol. The normalized spacial score (nSPS) is 10.3. The summed E-state index contributed by atoms with van der Waals surface area (Å²) in [5.74, 6) is 0.297. The van der Waals surface area contributed by atoms with Gasteiger partial charge in [0.15, 0.2) is 11.6 Å². The minimum atomic E-state index is -0.665. The van der Waals surface area contributed by atoms with Crippen LogP contribution in [0.3, 0.4) is 0 Å². The average molecular weight is 430 g/mol. The maximum atomic E-state index is 14.3. The summed E-state index contributed by atoms with van der Waals surface area (Å²) < 4.78 is 24.9. The molecule has 7 nitrogen and oxygen atoms in total. The van der Waals surface area contributed by atoms with Gasteiger partial charge in [0.05, 0.1) is 24.6 Å². The molecule has 1 aromatic heterocycles. The zero-order valence-electron chi connectivity index (χ0n) is 17.1. The number of esters is 1. The van der Waals surface area contributed by atoms with E-state index >= 15 is 0 Å². The highest BCUT2D eigenvalue weighted by Gasteiger charge is 2.14. The zero-order valence-corrected chi connectivity index (χ0v) is 17.1. The number of nitrogens with zero attached hydrogens (tertiary/aromatic N) is 2. The number of carbonyl (C=O) groups is 1. The first-order valence-electron chi connectivity index (χ1n) is 9.69. The molecule has 0 aliphatic carbocycles. The average Bonchev–Trinajstić information content (AvgIpc) is 2.83. The molecule has 4 aromatic rings. The number of halogens is 1. The van der Waals surface area contributed by atoms with E-state index in [1.807, 2.05) is 30.3 Å². The fourth-order valence-corrected chi connectivity index (χ4v) is 2.88. The van der Waals surface area contributed by atoms with E-state index in [1.165, 1.54) is 7.11 Å². The molecule has 160 valence electrons. The molecule has 1 heterocycles. The number of anilines is 4. The van der Waals surface area contributed by atoms with E-state index in [2.05, 4.69) is 20.6 Å². The van der Waals surface area contributed by atoms with Gasteiger partial charge in [0.1, 0.15) is 11.5 Å². The van der Waals surface area contributed by atoms with E-state index in [0.29, 0.717) is 17.1 Å². The fourth-order valence-electron chi connectivity index (χ4n) is 2.88. The van der Waals surface area contributed by atoms with Gasteiger partial charge in [-0.2, -0.15) is 4.98 Å². The van der Waals surface area contributed by atoms with Crippen LogP contribution in [0.1, 0.15) is 10.4 Å². The molecular weight excluding hydrogens is 411 g/mol. The number of methoxy groups -OCH3 is 1. The van der Waals surface area contributed by atoms with E-state index < -0.39 is 11.8 Å². The van der Waals surface area contributed by atoms with E-state index in [1.54, 1.807) is 48.5 Å². The molecule has 2 N–H and O–H groups in total. The van der Waals surface area contributed by atoms with Crippen LogP contribution in [0.15, 0.2) is 85.1 Å². The van der Waals surface area contributed by atoms with Gasteiger partial charge in [0.25, 0.3) is 0 Å². The summed E-state index contributed by atoms with van der Waals surface area (Å²) in [6, 6.07) is 23.2. The summed E-state index contributed by atoms with van der Waals surface area (Å²) in [4.78, 5) is 20.1. The first-order chi connectivity index (χ1) is 15.6. The molecular formula is C24H19FN4O3. The van der Waals surface area contributed by atoms with Crippen molar-refractivity contribution in [2.45, 2.75) is 0 Å². The van der Waals surface area contributed by atoms with Gasteiger partial charge in [-0.15, -0.1) is 0 Å². The van der Waals surface area contributed by atoms with Crippen LogP contribution in [0.2, 0.25) is 0 Å². The lowest BCUT2D eigenvalue weighted by Crippen LogP contribution is -2.08. The second-order valence-electron chi connectivity index (χ2n) is 6.62. The van der Waals surface area contributed by atoms with Crippen LogP contribution < -0.4 is 15.4 Å². The number of hydrogen-bond donors (Lipinski definition) is 2. The molecule has 0 bridgehead atoms. The van der Waals surface area contributed by atoms with Gasteiger partial charge in [-0.3, -0.25) is 0 Å². The first-order valence-corrected chi connectivity index (χ1v) is 9.69. The van der Waals surface area contributed by atoms with Crippen LogP contribution in [0.5, 0.6) is 11.5 Å². The van der Waals surface area contributed by atoms with Gasteiger partial charge in [0, 0.05) is 5.69 Å². The number of ether oxygens (including phenoxy) is 2. The van der Waals surface area contributed by atoms with Gasteiger partial charge < -0.3 is 20.1 Å². The highest BCUT2D eigenvalue weighted by Crippen LogP contribution is 2.26. The largest absolute Gasteiger partial charge is 0.465 e. The Hall–Kier alpha value is -4.46. The number of benzene rings is 3. The lowest BCUT2D eigenvalue weighted by Gasteiger charge is -2.12. The zero-order chi connectivity index (χ0) is 22.3. The predicted octanol–water partition coefficient (Wildman–Crippen LogP) is 5.68. The summed E-state index contributed by atoms with van der Waals surface area (Å²) in [7, 11) is 1.28. The molecule has 3 aromatic carbocycles. The van der Waals surface area contributed by atoms with Gasteiger partial charge in [-0.05, 0) is 48.5 Å². The molecule has 0 aliphatic rings. The maximum absolute atomic E-state index is 14.3. The molecule has 0 fully saturated rings. The lowest BCUT2D eigenvalue weighted by molar-refractivity contribution is 0.0602. The van der Waals surface area contributed by atoms with Crippen molar-refractivity contribution in [3.8, 4) is 11.5 Å². The minimum Gasteiger partial charge on any atom is -0.465 e. The third kappa shape index (κ3) is 4.99. The molecule has 0 amide bonds. The molecule has 0 saturated carbocycles. The number of rotatable bonds is 7. The van der Waals surface area contributed by atoms with Crippen LogP contribution in [0, 0.1) is 5.82 Å². The van der Waals surface area contributed by atoms with Crippen LogP contribution in [-0.2, 0) is 4.74 Å². The second kappa shape index (κ2) is 9.57. The van der Waals surface area contributed by atoms with Crippen molar-refractivity contribution in [1.29, 1.82) is 0 Å². The maximum Gasteiger partial charge on any atom is 0.339 e. The monoisotopic (exact) mass is 430 g/mol. The Labute approximate surface area is 183 Å². The number of para-hydroxylation sites is 2. The van der Waals surface area contributed by atoms with Crippen LogP contribution in [-0.4, -0.2) is 23.0 Å². The van der Waals surface area contributed by atoms with Crippen molar-refractivity contribution in [3.63, 3.8) is 0 Å². The molecule has 0 radical (unpaired) electrons. The molecule has 8 heteroatoms. The van der Waals surface area contributed by atoms with Crippen LogP contribution in [0.4, 0.5) is 27.5 Å². The van der Waals surface area contributed by atoms with E-state index in [9.17, 15) is 9.18 Å². The van der Waals surface area contributed by atoms with Crippen molar-refractivity contribution < 1.29 is 18.7 Å². The molecule has 0 saturated heterocycles. The van der Waals surface area contributed by atoms with Crippen LogP contribution >= 0.6 is 0 Å². The molecule has 0 spiro atoms. The number of hydrogen-bond acceptors (Lipinski definition) is 7. The van der Waals surface area contributed by atoms with Crippen molar-refractivity contribution in [2.75, 3.05) is 17.7 Å². The van der Waals surface area contributed by atoms with Crippen molar-refractivity contribution in [3.05, 3.63) is 96.4 Å². The lowest BCUT2D eigenvalue weighted by atomic mass is 10.2. The topological polar surface area (TPSA) is 85.4 Å². The molecule has 0 atom stereocenters. The molecule has 0 aliphatic heterocycles. The number of carbonyl (C=O) groups excluding carboxylic acids is 1. The smallest absolute Gasteiger partial charge is 0.339 e. The minimum absolute atomic E-state index is 0.0807. The number of nitrogens with one attached hydrogen (secondary N) is 2. The summed E-state index contributed by atoms with van der Waals surface area (Å²) >= 11 is 0.